The van der Waals surface area contributed by atoms with Crippen LogP contribution in [0.3, 0.4) is 0 Å². The Morgan fingerprint density at radius 1 is 0.596 bits per heavy atom. The number of urea groups is 2. The lowest BCUT2D eigenvalue weighted by Gasteiger charge is -2.33. The van der Waals surface area contributed by atoms with E-state index in [1.165, 1.54) is 38.0 Å². The van der Waals surface area contributed by atoms with Gasteiger partial charge in [0.25, 0.3) is 0 Å². The van der Waals surface area contributed by atoms with Gasteiger partial charge in [-0.1, -0.05) is 86.5 Å². The number of aromatic nitrogens is 6. The first kappa shape index (κ1) is 85.6. The maximum atomic E-state index is 14.5. The van der Waals surface area contributed by atoms with Gasteiger partial charge in [0.15, 0.2) is 12.2 Å². The topological polar surface area (TPSA) is 474 Å². The molecule has 11 amide bonds. The summed E-state index contributed by atoms with van der Waals surface area (Å²) in [5.74, 6) is 0.989. The van der Waals surface area contributed by atoms with Crippen molar-refractivity contribution in [3.05, 3.63) is 23.8 Å². The van der Waals surface area contributed by atoms with Crippen LogP contribution in [0.15, 0.2) is 12.4 Å². The number of carbonyl (C=O) groups is 9. The van der Waals surface area contributed by atoms with Crippen LogP contribution in [0.2, 0.25) is 0 Å². The van der Waals surface area contributed by atoms with Gasteiger partial charge in [-0.25, -0.2) is 23.7 Å². The minimum atomic E-state index is -1.73. The zero-order valence-corrected chi connectivity index (χ0v) is 59.8. The molecule has 0 bridgehead atoms. The van der Waals surface area contributed by atoms with Crippen molar-refractivity contribution < 1.29 is 68.3 Å². The van der Waals surface area contributed by atoms with E-state index in [1.54, 1.807) is 48.5 Å². The molecule has 2 aromatic heterocycles. The number of alkyl carbamates (subject to hydrolysis) is 1. The molecule has 4 unspecified atom stereocenters. The Hall–Kier alpha value is -7.59. The van der Waals surface area contributed by atoms with Crippen LogP contribution in [0.25, 0.3) is 0 Å². The highest BCUT2D eigenvalue weighted by atomic mass is 35.5. The van der Waals surface area contributed by atoms with Crippen molar-refractivity contribution in [1.82, 2.24) is 77.0 Å². The molecule has 99 heavy (non-hydrogen) atoms. The number of rotatable bonds is 31. The van der Waals surface area contributed by atoms with Crippen LogP contribution < -0.4 is 54.4 Å². The van der Waals surface area contributed by atoms with E-state index in [0.29, 0.717) is 62.4 Å². The van der Waals surface area contributed by atoms with Crippen LogP contribution in [0.5, 0.6) is 0 Å². The fraction of sp³-hybridized carbons (Fsp3) is 0.738. The van der Waals surface area contributed by atoms with Crippen LogP contribution in [0, 0.1) is 36.5 Å². The van der Waals surface area contributed by atoms with Gasteiger partial charge in [-0.3, -0.25) is 28.8 Å². The molecule has 2 saturated carbocycles. The maximum Gasteiger partial charge on any atom is 0.408 e. The summed E-state index contributed by atoms with van der Waals surface area (Å²) in [5.41, 5.74) is 14.6. The first-order chi connectivity index (χ1) is 45.7. The number of hydrogen-bond donors (Lipinski definition) is 14. The number of hydrogen-bond acceptors (Lipinski definition) is 19. The molecule has 4 fully saturated rings. The summed E-state index contributed by atoms with van der Waals surface area (Å²) < 4.78 is 8.53. The molecule has 0 radical (unpaired) electrons. The molecule has 6 rings (SSSR count). The lowest BCUT2D eigenvalue weighted by atomic mass is 9.84. The number of amides is 11. The molecule has 2 aliphatic carbocycles. The Bertz CT molecular complexity index is 3040. The number of primary amides is 2. The Labute approximate surface area is 592 Å². The first-order valence-electron chi connectivity index (χ1n) is 33.8. The molecule has 0 spiro atoms. The molecule has 17 N–H and O–H groups in total. The molecule has 34 heteroatoms. The Morgan fingerprint density at radius 3 is 1.36 bits per heavy atom. The van der Waals surface area contributed by atoms with Crippen molar-refractivity contribution in [2.75, 3.05) is 39.3 Å². The third kappa shape index (κ3) is 27.1. The number of ether oxygens (including phenoxy) is 1. The van der Waals surface area contributed by atoms with Gasteiger partial charge < -0.3 is 89.4 Å². The van der Waals surface area contributed by atoms with E-state index in [-0.39, 0.29) is 95.0 Å². The van der Waals surface area contributed by atoms with E-state index in [2.05, 4.69) is 69.7 Å². The summed E-state index contributed by atoms with van der Waals surface area (Å²) in [4.78, 5) is 120. The zero-order valence-electron chi connectivity index (χ0n) is 58.1. The number of halogens is 2. The van der Waals surface area contributed by atoms with Gasteiger partial charge in [0.05, 0.1) is 67.1 Å². The molecule has 556 valence electrons. The number of likely N-dealkylation sites (tertiary alicyclic amines) is 2. The number of carbonyl (C=O) groups excluding carboxylic acids is 9. The van der Waals surface area contributed by atoms with E-state index in [4.69, 9.17) is 34.8 Å². The molecule has 32 nitrogen and oxygen atoms in total. The molecule has 0 aromatic carbocycles. The highest BCUT2D eigenvalue weighted by Gasteiger charge is 2.47. The lowest BCUT2D eigenvalue weighted by Crippen LogP contribution is -2.57. The molecule has 2 saturated heterocycles. The van der Waals surface area contributed by atoms with Crippen molar-refractivity contribution in [2.45, 2.75) is 254 Å². The monoisotopic (exact) mass is 1430 g/mol. The van der Waals surface area contributed by atoms with Gasteiger partial charge in [-0.15, -0.1) is 47.9 Å². The Balaban J connectivity index is 0.000000510. The Morgan fingerprint density at radius 2 is 0.990 bits per heavy atom. The number of nitrogens with one attached hydrogen (secondary N) is 7. The number of aliphatic hydroxyl groups is 4. The molecule has 2 aromatic rings. The SMILES string of the molecule is C#CCNC(=O)NCCCCC(NC(=O)[C@@H]1C[C@H](n2nncc2C(C)(C)O)CN1C(=O)[C@@H](CC1CCCCC1)NC(=O)OC(C)(C)C)C(O)C(N)=O.C#CCNC(=O)NCCCCC(NC(=O)[C@@H]1C[C@H](n2nncc2C(C)(C)O)CN1C(=O)[C@H](N)CC1CCCCC1)C(O)C(N)=O.Cl.Cl. The van der Waals surface area contributed by atoms with Crippen LogP contribution >= 0.6 is 24.8 Å². The van der Waals surface area contributed by atoms with E-state index >= 15 is 0 Å². The van der Waals surface area contributed by atoms with Gasteiger partial charge in [-0.2, -0.15) is 0 Å². The van der Waals surface area contributed by atoms with E-state index in [9.17, 15) is 63.6 Å². The van der Waals surface area contributed by atoms with Gasteiger partial charge in [-0.05, 0) is 112 Å². The minimum Gasteiger partial charge on any atom is -0.444 e. The molecule has 4 aliphatic rings. The summed E-state index contributed by atoms with van der Waals surface area (Å²) in [6, 6.07) is -7.98. The minimum absolute atomic E-state index is 0. The largest absolute Gasteiger partial charge is 0.444 e. The highest BCUT2D eigenvalue weighted by molar-refractivity contribution is 5.93. The van der Waals surface area contributed by atoms with Crippen molar-refractivity contribution in [1.29, 1.82) is 0 Å². The van der Waals surface area contributed by atoms with Gasteiger partial charge in [0.1, 0.15) is 34.9 Å². The second-order valence-electron chi connectivity index (χ2n) is 27.9. The molecule has 4 heterocycles. The van der Waals surface area contributed by atoms with Crippen LogP contribution in [-0.4, -0.2) is 207 Å². The van der Waals surface area contributed by atoms with Crippen molar-refractivity contribution >= 4 is 78.4 Å². The van der Waals surface area contributed by atoms with Crippen molar-refractivity contribution in [3.63, 3.8) is 0 Å². The normalized spacial score (nSPS) is 19.9. The quantitative estimate of drug-likeness (QED) is 0.0372. The van der Waals surface area contributed by atoms with Gasteiger partial charge in [0.2, 0.25) is 35.4 Å². The zero-order chi connectivity index (χ0) is 71.8. The molecular weight excluding hydrogens is 1330 g/mol. The average Bonchev–Trinajstić information content (AvgIpc) is 1.64. The number of unbranched alkanes of at least 4 members (excludes halogenated alkanes) is 2. The van der Waals surface area contributed by atoms with Gasteiger partial charge >= 0.3 is 18.2 Å². The summed E-state index contributed by atoms with van der Waals surface area (Å²) >= 11 is 0. The van der Waals surface area contributed by atoms with E-state index in [0.717, 1.165) is 57.8 Å². The predicted octanol–water partition coefficient (Wildman–Crippen LogP) is 1.17. The fourth-order valence-corrected chi connectivity index (χ4v) is 12.9. The van der Waals surface area contributed by atoms with Crippen molar-refractivity contribution in [2.24, 2.45) is 29.0 Å². The average molecular weight is 1440 g/mol. The molecule has 2 aliphatic heterocycles. The van der Waals surface area contributed by atoms with E-state index in [1.807, 2.05) is 0 Å². The summed E-state index contributed by atoms with van der Waals surface area (Å²) in [6.07, 6.45) is 22.4. The second-order valence-corrected chi connectivity index (χ2v) is 27.9. The van der Waals surface area contributed by atoms with Gasteiger partial charge in [0, 0.05) is 39.0 Å². The number of nitrogens with two attached hydrogens (primary N) is 3. The smallest absolute Gasteiger partial charge is 0.408 e. The summed E-state index contributed by atoms with van der Waals surface area (Å²) in [7, 11) is 0. The summed E-state index contributed by atoms with van der Waals surface area (Å²) in [5, 5.41) is 77.5. The van der Waals surface area contributed by atoms with E-state index < -0.39 is 125 Å². The maximum absolute atomic E-state index is 14.5. The number of nitrogens with zero attached hydrogens (tertiary/aromatic N) is 8. The first-order valence-corrected chi connectivity index (χ1v) is 33.8. The lowest BCUT2D eigenvalue weighted by molar-refractivity contribution is -0.141. The third-order valence-corrected chi connectivity index (χ3v) is 17.9. The predicted molar refractivity (Wildman–Crippen MR) is 369 cm³/mol. The van der Waals surface area contributed by atoms with Crippen LogP contribution in [0.4, 0.5) is 14.4 Å². The van der Waals surface area contributed by atoms with Crippen molar-refractivity contribution in [3.8, 4) is 24.7 Å². The fourth-order valence-electron chi connectivity index (χ4n) is 12.9. The van der Waals surface area contributed by atoms with Crippen LogP contribution in [0.1, 0.15) is 200 Å². The highest BCUT2D eigenvalue weighted by Crippen LogP contribution is 2.36. The summed E-state index contributed by atoms with van der Waals surface area (Å²) in [6.45, 7) is 12.3. The second kappa shape index (κ2) is 40.6. The molecule has 10 atom stereocenters. The standard InChI is InChI=1S/C35H57N9O8.C30H49N9O6.2ClH/c1-7-16-37-32(49)38-17-12-11-15-24(28(45)29(36)46)40-30(47)26-19-23(44-27(20-39-42-44)35(5,6)51)21-43(26)31(48)25(18-22-13-9-8-10-14-22)41-33(50)52-34(2,3)4;1-4-13-33-29(44)34-14-9-8-12-22(25(40)26(32)41)36-27(42)23-16-20(39-24(17-35-37-39)30(2,3)45)18-38(23)28(43)21(31)15-19-10-6-5-7-11-19;;/h1,20,22-26,28,45,51H,8-19,21H2,2-6H3,(H2,36,46)(H,40,47)(H,41,50)(H2,37,38,49);1,17,19-23,25,40,45H,5-16,18,31H2,2-3H3,(H2,32,41)(H,36,42)(H2,33,34,44);2*1H/t23-,24?,25+,26-,28?;20-,21+,22?,23-,25?;;/m00../s1. The number of terminal acetylenes is 2. The number of aliphatic hydroxyl groups excluding tert-OH is 2. The molecular formula is C65H108Cl2N18O14. The third-order valence-electron chi connectivity index (χ3n) is 17.9. The van der Waals surface area contributed by atoms with Crippen LogP contribution in [-0.2, 0) is 44.7 Å². The Kier molecular flexibility index (Phi) is 35.1.